The second-order valence-corrected chi connectivity index (χ2v) is 10.6. The molecule has 1 N–H and O–H groups in total. The van der Waals surface area contributed by atoms with E-state index in [-0.39, 0.29) is 0 Å². The number of unbranched alkanes of at least 4 members (excludes halogenated alkanes) is 5. The third-order valence-electron chi connectivity index (χ3n) is 5.14. The minimum absolute atomic E-state index is 0.632. The molecule has 0 rings (SSSR count). The maximum atomic E-state index is 10.1. The number of rotatable bonds is 16. The first-order chi connectivity index (χ1) is 14.4. The van der Waals surface area contributed by atoms with Gasteiger partial charge in [0.2, 0.25) is 0 Å². The maximum absolute atomic E-state index is 10.1. The monoisotopic (exact) mass is 490 g/mol. The first-order valence-corrected chi connectivity index (χ1v) is 14.2. The SMILES string of the molecule is CCCCCCCCNC(C#N)(CSC(=S)N(CC)CC)CSC(=S)N(CC)CC. The van der Waals surface area contributed by atoms with Gasteiger partial charge in [-0.05, 0) is 40.7 Å². The van der Waals surface area contributed by atoms with Crippen molar-refractivity contribution in [1.82, 2.24) is 15.1 Å². The summed E-state index contributed by atoms with van der Waals surface area (Å²) in [5.74, 6) is 1.28. The van der Waals surface area contributed by atoms with E-state index in [2.05, 4.69) is 55.8 Å². The highest BCUT2D eigenvalue weighted by atomic mass is 32.2. The summed E-state index contributed by atoms with van der Waals surface area (Å²) >= 11 is 14.4. The zero-order valence-corrected chi connectivity index (χ0v) is 22.9. The molecule has 0 fully saturated rings. The van der Waals surface area contributed by atoms with Gasteiger partial charge in [0.1, 0.15) is 14.2 Å². The van der Waals surface area contributed by atoms with Crippen molar-refractivity contribution in [2.45, 2.75) is 78.7 Å². The molecule has 30 heavy (non-hydrogen) atoms. The van der Waals surface area contributed by atoms with Crippen LogP contribution in [0.15, 0.2) is 0 Å². The fourth-order valence-corrected chi connectivity index (χ4v) is 6.15. The van der Waals surface area contributed by atoms with Crippen LogP contribution in [0.5, 0.6) is 0 Å². The van der Waals surface area contributed by atoms with Crippen molar-refractivity contribution in [1.29, 1.82) is 5.26 Å². The Balaban J connectivity index is 4.94. The molecule has 4 nitrogen and oxygen atoms in total. The fourth-order valence-electron chi connectivity index (χ4n) is 3.00. The van der Waals surface area contributed by atoms with Gasteiger partial charge in [-0.2, -0.15) is 5.26 Å². The Morgan fingerprint density at radius 1 is 0.800 bits per heavy atom. The lowest BCUT2D eigenvalue weighted by molar-refractivity contribution is 0.472. The molecular weight excluding hydrogens is 449 g/mol. The Kier molecular flexibility index (Phi) is 18.5. The predicted octanol–water partition coefficient (Wildman–Crippen LogP) is 5.92. The number of nitrogens with one attached hydrogen (secondary N) is 1. The topological polar surface area (TPSA) is 42.3 Å². The van der Waals surface area contributed by atoms with Crippen molar-refractivity contribution in [2.75, 3.05) is 44.2 Å². The summed E-state index contributed by atoms with van der Waals surface area (Å²) in [6.07, 6.45) is 7.48. The Bertz CT molecular complexity index is 486. The highest BCUT2D eigenvalue weighted by molar-refractivity contribution is 8.23. The first kappa shape index (κ1) is 29.9. The average Bonchev–Trinajstić information content (AvgIpc) is 2.76. The third-order valence-corrected chi connectivity index (χ3v) is 8.64. The average molecular weight is 491 g/mol. The molecule has 0 atom stereocenters. The van der Waals surface area contributed by atoms with Crippen molar-refractivity contribution in [3.05, 3.63) is 0 Å². The third kappa shape index (κ3) is 12.1. The molecule has 174 valence electrons. The smallest absolute Gasteiger partial charge is 0.136 e. The minimum Gasteiger partial charge on any atom is -0.358 e. The summed E-state index contributed by atoms with van der Waals surface area (Å²) in [4.78, 5) is 4.34. The lowest BCUT2D eigenvalue weighted by atomic mass is 10.1. The standard InChI is InChI=1S/C22H42N4S4/c1-6-11-12-13-14-15-16-24-22(17-23,18-29-20(27)25(7-2)8-3)19-30-21(28)26(9-4)10-5/h24H,6-16,18-19H2,1-5H3. The number of thiocarbonyl (C=S) groups is 2. The Hall–Kier alpha value is -0.0700. The molecule has 0 saturated carbocycles. The van der Waals surface area contributed by atoms with E-state index < -0.39 is 5.54 Å². The highest BCUT2D eigenvalue weighted by Gasteiger charge is 2.31. The summed E-state index contributed by atoms with van der Waals surface area (Å²) in [7, 11) is 0. The van der Waals surface area contributed by atoms with E-state index in [4.69, 9.17) is 24.4 Å². The molecule has 0 spiro atoms. The number of nitriles is 1. The summed E-state index contributed by atoms with van der Waals surface area (Å²) in [6.45, 7) is 15.1. The van der Waals surface area contributed by atoms with Gasteiger partial charge in [-0.15, -0.1) is 0 Å². The van der Waals surface area contributed by atoms with Crippen LogP contribution in [-0.2, 0) is 0 Å². The molecule has 8 heteroatoms. The van der Waals surface area contributed by atoms with Gasteiger partial charge in [0, 0.05) is 37.7 Å². The van der Waals surface area contributed by atoms with E-state index in [9.17, 15) is 5.26 Å². The van der Waals surface area contributed by atoms with Crippen LogP contribution in [0.4, 0.5) is 0 Å². The van der Waals surface area contributed by atoms with Gasteiger partial charge >= 0.3 is 0 Å². The molecule has 0 aliphatic carbocycles. The quantitative estimate of drug-likeness (QED) is 0.211. The minimum atomic E-state index is -0.632. The Morgan fingerprint density at radius 2 is 1.23 bits per heavy atom. The molecule has 0 aromatic carbocycles. The van der Waals surface area contributed by atoms with E-state index in [1.54, 1.807) is 23.5 Å². The summed E-state index contributed by atoms with van der Waals surface area (Å²) < 4.78 is 1.75. The van der Waals surface area contributed by atoms with Crippen LogP contribution in [0, 0.1) is 11.3 Å². The fraction of sp³-hybridized carbons (Fsp3) is 0.864. The highest BCUT2D eigenvalue weighted by Crippen LogP contribution is 2.23. The van der Waals surface area contributed by atoms with E-state index in [0.29, 0.717) is 11.5 Å². The number of hydrogen-bond donors (Lipinski definition) is 1. The van der Waals surface area contributed by atoms with Crippen molar-refractivity contribution >= 4 is 56.6 Å². The summed E-state index contributed by atoms with van der Waals surface area (Å²) in [5.41, 5.74) is -0.632. The van der Waals surface area contributed by atoms with Gasteiger partial charge < -0.3 is 9.80 Å². The molecule has 0 aromatic heterocycles. The number of thioether (sulfide) groups is 2. The number of hydrogen-bond acceptors (Lipinski definition) is 6. The van der Waals surface area contributed by atoms with E-state index >= 15 is 0 Å². The van der Waals surface area contributed by atoms with E-state index in [1.165, 1.54) is 32.1 Å². The molecule has 0 bridgehead atoms. The van der Waals surface area contributed by atoms with Crippen LogP contribution < -0.4 is 5.32 Å². The second kappa shape index (κ2) is 18.5. The molecule has 0 aliphatic rings. The summed E-state index contributed by atoms with van der Waals surface area (Å²) in [6, 6.07) is 2.58. The van der Waals surface area contributed by atoms with Gasteiger partial charge in [0.15, 0.2) is 0 Å². The Labute approximate surface area is 205 Å². The van der Waals surface area contributed by atoms with Crippen LogP contribution in [0.25, 0.3) is 0 Å². The summed E-state index contributed by atoms with van der Waals surface area (Å²) in [5, 5.41) is 13.7. The molecule has 0 unspecified atom stereocenters. The molecule has 0 saturated heterocycles. The maximum Gasteiger partial charge on any atom is 0.136 e. The van der Waals surface area contributed by atoms with Gasteiger partial charge in [-0.3, -0.25) is 5.32 Å². The van der Waals surface area contributed by atoms with Crippen LogP contribution >= 0.6 is 48.0 Å². The lowest BCUT2D eigenvalue weighted by Crippen LogP contribution is -2.50. The van der Waals surface area contributed by atoms with Crippen molar-refractivity contribution in [3.63, 3.8) is 0 Å². The molecule has 0 aliphatic heterocycles. The number of nitrogens with zero attached hydrogens (tertiary/aromatic N) is 3. The van der Waals surface area contributed by atoms with E-state index in [0.717, 1.165) is 47.8 Å². The lowest BCUT2D eigenvalue weighted by Gasteiger charge is -2.30. The molecule has 0 heterocycles. The van der Waals surface area contributed by atoms with Crippen LogP contribution in [0.3, 0.4) is 0 Å². The zero-order valence-electron chi connectivity index (χ0n) is 19.7. The van der Waals surface area contributed by atoms with E-state index in [1.807, 2.05) is 0 Å². The van der Waals surface area contributed by atoms with Crippen molar-refractivity contribution in [3.8, 4) is 6.07 Å². The van der Waals surface area contributed by atoms with Gasteiger partial charge in [-0.25, -0.2) is 0 Å². The van der Waals surface area contributed by atoms with Gasteiger partial charge in [0.05, 0.1) is 6.07 Å². The molecule has 0 amide bonds. The van der Waals surface area contributed by atoms with Crippen molar-refractivity contribution < 1.29 is 0 Å². The van der Waals surface area contributed by atoms with Crippen LogP contribution in [0.1, 0.15) is 73.1 Å². The van der Waals surface area contributed by atoms with Gasteiger partial charge in [-0.1, -0.05) is 87.0 Å². The normalized spacial score (nSPS) is 11.2. The molecule has 0 aromatic rings. The second-order valence-electron chi connectivity index (χ2n) is 7.34. The van der Waals surface area contributed by atoms with Gasteiger partial charge in [0.25, 0.3) is 0 Å². The van der Waals surface area contributed by atoms with Crippen molar-refractivity contribution in [2.24, 2.45) is 0 Å². The predicted molar refractivity (Wildman–Crippen MR) is 146 cm³/mol. The van der Waals surface area contributed by atoms with Crippen LogP contribution in [-0.4, -0.2) is 68.2 Å². The van der Waals surface area contributed by atoms with Crippen LogP contribution in [0.2, 0.25) is 0 Å². The zero-order chi connectivity index (χ0) is 22.8. The largest absolute Gasteiger partial charge is 0.358 e. The molecular formula is C22H42N4S4. The Morgan fingerprint density at radius 3 is 1.63 bits per heavy atom. The first-order valence-electron chi connectivity index (χ1n) is 11.4. The molecule has 0 radical (unpaired) electrons.